The van der Waals surface area contributed by atoms with E-state index < -0.39 is 0 Å². The highest BCUT2D eigenvalue weighted by molar-refractivity contribution is 8.00. The number of amides is 1. The molecule has 0 bridgehead atoms. The lowest BCUT2D eigenvalue weighted by Crippen LogP contribution is -2.11. The quantitative estimate of drug-likeness (QED) is 0.298. The summed E-state index contributed by atoms with van der Waals surface area (Å²) in [6.07, 6.45) is 1.33. The van der Waals surface area contributed by atoms with Crippen molar-refractivity contribution in [1.29, 1.82) is 0 Å². The highest BCUT2D eigenvalue weighted by Gasteiger charge is 2.09. The summed E-state index contributed by atoms with van der Waals surface area (Å²) < 4.78 is 0.865. The van der Waals surface area contributed by atoms with Crippen LogP contribution in [-0.4, -0.2) is 21.9 Å². The van der Waals surface area contributed by atoms with Crippen molar-refractivity contribution in [3.63, 3.8) is 0 Å². The number of nitrogens with zero attached hydrogens (tertiary/aromatic N) is 2. The molecule has 0 aliphatic carbocycles. The molecule has 134 valence electrons. The van der Waals surface area contributed by atoms with Gasteiger partial charge in [-0.05, 0) is 29.9 Å². The molecule has 0 spiro atoms. The van der Waals surface area contributed by atoms with Crippen LogP contribution < -0.4 is 5.32 Å². The molecule has 0 saturated carbocycles. The second-order valence-electron chi connectivity index (χ2n) is 5.46. The van der Waals surface area contributed by atoms with Gasteiger partial charge in [-0.1, -0.05) is 71.6 Å². The minimum Gasteiger partial charge on any atom is -0.301 e. The first-order valence-corrected chi connectivity index (χ1v) is 11.1. The Bertz CT molecular complexity index is 809. The van der Waals surface area contributed by atoms with Gasteiger partial charge >= 0.3 is 0 Å². The summed E-state index contributed by atoms with van der Waals surface area (Å²) in [5.74, 6) is 1.76. The van der Waals surface area contributed by atoms with E-state index in [9.17, 15) is 4.79 Å². The highest BCUT2D eigenvalue weighted by Crippen LogP contribution is 2.28. The third kappa shape index (κ3) is 6.48. The Morgan fingerprint density at radius 2 is 1.69 bits per heavy atom. The van der Waals surface area contributed by atoms with Gasteiger partial charge in [0.2, 0.25) is 11.0 Å². The average molecular weight is 402 g/mol. The first-order chi connectivity index (χ1) is 12.8. The van der Waals surface area contributed by atoms with Crippen molar-refractivity contribution in [2.24, 2.45) is 0 Å². The molecule has 3 rings (SSSR count). The second-order valence-corrected chi connectivity index (χ2v) is 8.83. The monoisotopic (exact) mass is 401 g/mol. The molecular formula is C19H19N3OS3. The molecule has 1 amide bonds. The SMILES string of the molecule is O=C(CCCSc1ccccc1)Nc1nnc(SCc2ccccc2)s1. The molecule has 4 nitrogen and oxygen atoms in total. The van der Waals surface area contributed by atoms with Crippen LogP contribution in [0.15, 0.2) is 69.9 Å². The van der Waals surface area contributed by atoms with E-state index in [0.717, 1.165) is 22.3 Å². The summed E-state index contributed by atoms with van der Waals surface area (Å²) >= 11 is 4.82. The molecule has 0 unspecified atom stereocenters. The first kappa shape index (κ1) is 18.9. The number of carbonyl (C=O) groups is 1. The van der Waals surface area contributed by atoms with Crippen molar-refractivity contribution < 1.29 is 4.79 Å². The van der Waals surface area contributed by atoms with Crippen molar-refractivity contribution in [1.82, 2.24) is 10.2 Å². The number of anilines is 1. The zero-order valence-electron chi connectivity index (χ0n) is 14.1. The largest absolute Gasteiger partial charge is 0.301 e. The fourth-order valence-corrected chi connectivity index (χ4v) is 4.76. The minimum absolute atomic E-state index is 0.00517. The van der Waals surface area contributed by atoms with E-state index in [2.05, 4.69) is 39.8 Å². The predicted octanol–water partition coefficient (Wildman–Crippen LogP) is 5.34. The van der Waals surface area contributed by atoms with Gasteiger partial charge in [0.25, 0.3) is 0 Å². The van der Waals surface area contributed by atoms with Crippen LogP contribution in [0.5, 0.6) is 0 Å². The number of carbonyl (C=O) groups excluding carboxylic acids is 1. The predicted molar refractivity (Wildman–Crippen MR) is 111 cm³/mol. The van der Waals surface area contributed by atoms with Crippen LogP contribution in [0.3, 0.4) is 0 Å². The van der Waals surface area contributed by atoms with Crippen LogP contribution in [0.25, 0.3) is 0 Å². The maximum Gasteiger partial charge on any atom is 0.226 e. The van der Waals surface area contributed by atoms with Crippen LogP contribution in [0.4, 0.5) is 5.13 Å². The lowest BCUT2D eigenvalue weighted by Gasteiger charge is -2.02. The Hall–Kier alpha value is -1.83. The Morgan fingerprint density at radius 1 is 0.962 bits per heavy atom. The van der Waals surface area contributed by atoms with Crippen molar-refractivity contribution in [3.05, 3.63) is 66.2 Å². The number of thioether (sulfide) groups is 2. The zero-order valence-corrected chi connectivity index (χ0v) is 16.6. The molecule has 0 fully saturated rings. The van der Waals surface area contributed by atoms with E-state index in [1.54, 1.807) is 23.5 Å². The Balaban J connectivity index is 1.36. The van der Waals surface area contributed by atoms with E-state index in [4.69, 9.17) is 0 Å². The topological polar surface area (TPSA) is 54.9 Å². The normalized spacial score (nSPS) is 10.6. The van der Waals surface area contributed by atoms with Crippen molar-refractivity contribution in [2.75, 3.05) is 11.1 Å². The van der Waals surface area contributed by atoms with Crippen LogP contribution in [0.1, 0.15) is 18.4 Å². The van der Waals surface area contributed by atoms with Gasteiger partial charge < -0.3 is 5.32 Å². The molecule has 7 heteroatoms. The first-order valence-electron chi connectivity index (χ1n) is 8.27. The van der Waals surface area contributed by atoms with Crippen LogP contribution in [-0.2, 0) is 10.5 Å². The summed E-state index contributed by atoms with van der Waals surface area (Å²) in [5, 5.41) is 11.6. The zero-order chi connectivity index (χ0) is 18.0. The van der Waals surface area contributed by atoms with Gasteiger partial charge in [-0.3, -0.25) is 4.79 Å². The van der Waals surface area contributed by atoms with Gasteiger partial charge in [0.1, 0.15) is 0 Å². The van der Waals surface area contributed by atoms with E-state index in [1.165, 1.54) is 21.8 Å². The number of rotatable bonds is 9. The molecule has 0 aliphatic rings. The molecule has 0 atom stereocenters. The molecule has 0 radical (unpaired) electrons. The molecular weight excluding hydrogens is 382 g/mol. The lowest BCUT2D eigenvalue weighted by atomic mass is 10.2. The van der Waals surface area contributed by atoms with Gasteiger partial charge in [-0.2, -0.15) is 0 Å². The Labute approximate surface area is 165 Å². The third-order valence-electron chi connectivity index (χ3n) is 3.42. The van der Waals surface area contributed by atoms with Gasteiger partial charge in [-0.25, -0.2) is 0 Å². The van der Waals surface area contributed by atoms with E-state index in [0.29, 0.717) is 11.6 Å². The maximum atomic E-state index is 12.0. The van der Waals surface area contributed by atoms with Gasteiger partial charge in [0.05, 0.1) is 0 Å². The molecule has 3 aromatic rings. The van der Waals surface area contributed by atoms with Gasteiger partial charge in [-0.15, -0.1) is 22.0 Å². The summed E-state index contributed by atoms with van der Waals surface area (Å²) in [4.78, 5) is 13.3. The van der Waals surface area contributed by atoms with Crippen molar-refractivity contribution in [2.45, 2.75) is 27.8 Å². The highest BCUT2D eigenvalue weighted by atomic mass is 32.2. The van der Waals surface area contributed by atoms with Crippen molar-refractivity contribution >= 4 is 45.9 Å². The van der Waals surface area contributed by atoms with Gasteiger partial charge in [0, 0.05) is 17.1 Å². The lowest BCUT2D eigenvalue weighted by molar-refractivity contribution is -0.116. The maximum absolute atomic E-state index is 12.0. The average Bonchev–Trinajstić information content (AvgIpc) is 3.12. The third-order valence-corrected chi connectivity index (χ3v) is 6.56. The minimum atomic E-state index is -0.00517. The number of nitrogens with one attached hydrogen (secondary N) is 1. The molecule has 1 heterocycles. The van der Waals surface area contributed by atoms with E-state index in [-0.39, 0.29) is 5.91 Å². The molecule has 0 aliphatic heterocycles. The number of benzene rings is 2. The summed E-state index contributed by atoms with van der Waals surface area (Å²) in [7, 11) is 0. The number of aromatic nitrogens is 2. The molecule has 1 aromatic heterocycles. The van der Waals surface area contributed by atoms with E-state index >= 15 is 0 Å². The van der Waals surface area contributed by atoms with Gasteiger partial charge in [0.15, 0.2) is 4.34 Å². The molecule has 2 aromatic carbocycles. The summed E-state index contributed by atoms with van der Waals surface area (Å²) in [6.45, 7) is 0. The smallest absolute Gasteiger partial charge is 0.226 e. The van der Waals surface area contributed by atoms with Crippen LogP contribution >= 0.6 is 34.9 Å². The second kappa shape index (κ2) is 10.4. The Kier molecular flexibility index (Phi) is 7.54. The Morgan fingerprint density at radius 3 is 2.46 bits per heavy atom. The fraction of sp³-hybridized carbons (Fsp3) is 0.211. The van der Waals surface area contributed by atoms with Crippen LogP contribution in [0, 0.1) is 0 Å². The molecule has 1 N–H and O–H groups in total. The summed E-state index contributed by atoms with van der Waals surface area (Å²) in [6, 6.07) is 20.5. The number of hydrogen-bond acceptors (Lipinski definition) is 6. The molecule has 26 heavy (non-hydrogen) atoms. The molecule has 0 saturated heterocycles. The van der Waals surface area contributed by atoms with E-state index in [1.807, 2.05) is 36.4 Å². The fourth-order valence-electron chi connectivity index (χ4n) is 2.16. The standard InChI is InChI=1S/C19H19N3OS3/c23-17(12-7-13-24-16-10-5-2-6-11-16)20-18-21-22-19(26-18)25-14-15-8-3-1-4-9-15/h1-6,8-11H,7,12-14H2,(H,20,21,23). The summed E-state index contributed by atoms with van der Waals surface area (Å²) in [5.41, 5.74) is 1.24. The van der Waals surface area contributed by atoms with Crippen molar-refractivity contribution in [3.8, 4) is 0 Å². The van der Waals surface area contributed by atoms with Crippen LogP contribution in [0.2, 0.25) is 0 Å². The number of hydrogen-bond donors (Lipinski definition) is 1.